The van der Waals surface area contributed by atoms with Crippen LogP contribution in [0.3, 0.4) is 0 Å². The Morgan fingerprint density at radius 1 is 1.29 bits per heavy atom. The lowest BCUT2D eigenvalue weighted by Gasteiger charge is -2.07. The summed E-state index contributed by atoms with van der Waals surface area (Å²) in [6.45, 7) is 7.86. The zero-order valence-corrected chi connectivity index (χ0v) is 15.6. The van der Waals surface area contributed by atoms with Crippen LogP contribution in [0.5, 0.6) is 0 Å². The molecule has 0 amide bonds. The van der Waals surface area contributed by atoms with Crippen molar-refractivity contribution in [1.82, 2.24) is 14.6 Å². The number of hydrogen-bond donors (Lipinski definition) is 1. The van der Waals surface area contributed by atoms with Crippen LogP contribution in [-0.4, -0.2) is 23.9 Å². The first-order valence-corrected chi connectivity index (χ1v) is 9.33. The Morgan fingerprint density at radius 2 is 1.92 bits per heavy atom. The van der Waals surface area contributed by atoms with Crippen LogP contribution in [0.25, 0.3) is 0 Å². The fourth-order valence-electron chi connectivity index (χ4n) is 2.47. The lowest BCUT2D eigenvalue weighted by molar-refractivity contribution is 0.584. The molecule has 0 bridgehead atoms. The molecule has 0 aliphatic carbocycles. The lowest BCUT2D eigenvalue weighted by Crippen LogP contribution is -2.20. The van der Waals surface area contributed by atoms with E-state index in [4.69, 9.17) is 0 Å². The van der Waals surface area contributed by atoms with Crippen molar-refractivity contribution in [3.8, 4) is 0 Å². The van der Waals surface area contributed by atoms with E-state index in [1.807, 2.05) is 32.3 Å². The summed E-state index contributed by atoms with van der Waals surface area (Å²) in [5.41, 5.74) is 3.30. The second-order valence-corrected chi connectivity index (χ2v) is 8.00. The third kappa shape index (κ3) is 4.44. The molecule has 1 aromatic heterocycles. The molecule has 0 saturated heterocycles. The average Bonchev–Trinajstić information content (AvgIpc) is 2.83. The van der Waals surface area contributed by atoms with Crippen LogP contribution in [0.4, 0.5) is 0 Å². The summed E-state index contributed by atoms with van der Waals surface area (Å²) in [4.78, 5) is 2.50. The number of benzene rings is 1. The molecule has 0 aliphatic heterocycles. The fraction of sp³-hybridized carbons (Fsp3) is 0.412. The zero-order valence-electron chi connectivity index (χ0n) is 14.7. The van der Waals surface area contributed by atoms with Gasteiger partial charge in [0.05, 0.1) is 16.3 Å². The molecule has 1 heterocycles. The molecule has 0 spiro atoms. The summed E-state index contributed by atoms with van der Waals surface area (Å²) in [6.07, 6.45) is 2.73. The molecule has 2 rings (SSSR count). The number of nitrogens with one attached hydrogen (secondary N) is 1. The molecule has 7 heteroatoms. The fourth-order valence-corrected chi connectivity index (χ4v) is 3.33. The maximum Gasteiger partial charge on any atom is 0.276 e. The summed E-state index contributed by atoms with van der Waals surface area (Å²) in [5.74, 6) is 0.528. The highest BCUT2D eigenvalue weighted by Crippen LogP contribution is 2.14. The third-order valence-corrected chi connectivity index (χ3v) is 4.84. The molecular weight excluding hydrogens is 324 g/mol. The molecule has 130 valence electrons. The highest BCUT2D eigenvalue weighted by molar-refractivity contribution is 7.89. The van der Waals surface area contributed by atoms with Gasteiger partial charge in [-0.15, -0.1) is 0 Å². The Bertz CT molecular complexity index is 834. The Balaban J connectivity index is 2.16. The van der Waals surface area contributed by atoms with Gasteiger partial charge in [-0.2, -0.15) is 23.4 Å². The van der Waals surface area contributed by atoms with Gasteiger partial charge in [0.1, 0.15) is 0 Å². The second-order valence-electron chi connectivity index (χ2n) is 6.34. The molecule has 24 heavy (non-hydrogen) atoms. The van der Waals surface area contributed by atoms with E-state index in [0.717, 1.165) is 23.2 Å². The SMILES string of the molecule is CC(=NNS(=O)(=O)c1ccc(CC(C)C)cc1)c1cn(C)nc1C. The number of hydrogen-bond acceptors (Lipinski definition) is 4. The topological polar surface area (TPSA) is 76.3 Å². The smallest absolute Gasteiger partial charge is 0.275 e. The maximum atomic E-state index is 12.4. The predicted octanol–water partition coefficient (Wildman–Crippen LogP) is 2.63. The molecule has 0 fully saturated rings. The normalized spacial score (nSPS) is 12.7. The van der Waals surface area contributed by atoms with Crippen LogP contribution in [-0.2, 0) is 23.5 Å². The van der Waals surface area contributed by atoms with Crippen molar-refractivity contribution in [2.45, 2.75) is 39.0 Å². The van der Waals surface area contributed by atoms with Gasteiger partial charge in [0.15, 0.2) is 0 Å². The number of aromatic nitrogens is 2. The molecule has 1 N–H and O–H groups in total. The first-order chi connectivity index (χ1) is 11.2. The summed E-state index contributed by atoms with van der Waals surface area (Å²) in [6, 6.07) is 6.91. The minimum absolute atomic E-state index is 0.203. The highest BCUT2D eigenvalue weighted by Gasteiger charge is 2.14. The molecule has 0 radical (unpaired) electrons. The summed E-state index contributed by atoms with van der Waals surface area (Å²) < 4.78 is 26.4. The summed E-state index contributed by atoms with van der Waals surface area (Å²) >= 11 is 0. The van der Waals surface area contributed by atoms with Crippen molar-refractivity contribution in [3.63, 3.8) is 0 Å². The Morgan fingerprint density at radius 3 is 2.42 bits per heavy atom. The van der Waals surface area contributed by atoms with E-state index in [-0.39, 0.29) is 4.90 Å². The van der Waals surface area contributed by atoms with Gasteiger partial charge >= 0.3 is 0 Å². The highest BCUT2D eigenvalue weighted by atomic mass is 32.2. The molecule has 0 atom stereocenters. The molecule has 1 aromatic carbocycles. The van der Waals surface area contributed by atoms with E-state index in [1.54, 1.807) is 23.7 Å². The lowest BCUT2D eigenvalue weighted by atomic mass is 10.0. The number of hydrazone groups is 1. The average molecular weight is 348 g/mol. The van der Waals surface area contributed by atoms with E-state index >= 15 is 0 Å². The van der Waals surface area contributed by atoms with Crippen molar-refractivity contribution in [2.75, 3.05) is 0 Å². The molecule has 6 nitrogen and oxygen atoms in total. The monoisotopic (exact) mass is 348 g/mol. The van der Waals surface area contributed by atoms with Crippen molar-refractivity contribution < 1.29 is 8.42 Å². The largest absolute Gasteiger partial charge is 0.276 e. The van der Waals surface area contributed by atoms with Crippen molar-refractivity contribution in [2.24, 2.45) is 18.1 Å². The van der Waals surface area contributed by atoms with Crippen LogP contribution in [0, 0.1) is 12.8 Å². The summed E-state index contributed by atoms with van der Waals surface area (Å²) in [5, 5.41) is 8.24. The number of nitrogens with zero attached hydrogens (tertiary/aromatic N) is 3. The van der Waals surface area contributed by atoms with Gasteiger partial charge in [-0.25, -0.2) is 0 Å². The first kappa shape index (κ1) is 18.2. The van der Waals surface area contributed by atoms with Crippen molar-refractivity contribution in [3.05, 3.63) is 47.3 Å². The van der Waals surface area contributed by atoms with Gasteiger partial charge in [0.25, 0.3) is 10.0 Å². The predicted molar refractivity (Wildman–Crippen MR) is 95.5 cm³/mol. The van der Waals surface area contributed by atoms with Gasteiger partial charge in [-0.1, -0.05) is 26.0 Å². The van der Waals surface area contributed by atoms with Crippen LogP contribution >= 0.6 is 0 Å². The Labute approximate surface area is 143 Å². The van der Waals surface area contributed by atoms with Gasteiger partial charge in [0, 0.05) is 18.8 Å². The van der Waals surface area contributed by atoms with E-state index in [0.29, 0.717) is 11.6 Å². The van der Waals surface area contributed by atoms with E-state index < -0.39 is 10.0 Å². The molecular formula is C17H24N4O2S. The third-order valence-electron chi connectivity index (χ3n) is 3.61. The Kier molecular flexibility index (Phi) is 5.43. The second kappa shape index (κ2) is 7.17. The Hall–Kier alpha value is -2.15. The number of sulfonamides is 1. The van der Waals surface area contributed by atoms with Crippen molar-refractivity contribution in [1.29, 1.82) is 0 Å². The van der Waals surface area contributed by atoms with Crippen LogP contribution in [0.2, 0.25) is 0 Å². The van der Waals surface area contributed by atoms with Crippen LogP contribution in [0.1, 0.15) is 37.6 Å². The quantitative estimate of drug-likeness (QED) is 0.644. The number of rotatable bonds is 6. The van der Waals surface area contributed by atoms with Crippen molar-refractivity contribution >= 4 is 15.7 Å². The van der Waals surface area contributed by atoms with Gasteiger partial charge in [0.2, 0.25) is 0 Å². The van der Waals surface area contributed by atoms with Crippen LogP contribution in [0.15, 0.2) is 40.5 Å². The molecule has 2 aromatic rings. The maximum absolute atomic E-state index is 12.4. The minimum Gasteiger partial charge on any atom is -0.275 e. The molecule has 0 unspecified atom stereocenters. The minimum atomic E-state index is -3.68. The van der Waals surface area contributed by atoms with Gasteiger partial charge in [-0.3, -0.25) is 4.68 Å². The zero-order chi connectivity index (χ0) is 17.9. The van der Waals surface area contributed by atoms with Gasteiger partial charge in [-0.05, 0) is 43.9 Å². The standard InChI is InChI=1S/C17H24N4O2S/c1-12(2)10-15-6-8-16(9-7-15)24(22,23)20-18-13(3)17-11-21(5)19-14(17)4/h6-9,11-12,20H,10H2,1-5H3. The van der Waals surface area contributed by atoms with E-state index in [2.05, 4.69) is 28.9 Å². The molecule has 0 aliphatic rings. The van der Waals surface area contributed by atoms with E-state index in [1.165, 1.54) is 0 Å². The number of aryl methyl sites for hydroxylation is 2. The van der Waals surface area contributed by atoms with E-state index in [9.17, 15) is 8.42 Å². The first-order valence-electron chi connectivity index (χ1n) is 7.84. The molecule has 0 saturated carbocycles. The van der Waals surface area contributed by atoms with Gasteiger partial charge < -0.3 is 0 Å². The summed E-state index contributed by atoms with van der Waals surface area (Å²) in [7, 11) is -1.87. The van der Waals surface area contributed by atoms with Crippen LogP contribution < -0.4 is 4.83 Å².